The van der Waals surface area contributed by atoms with Gasteiger partial charge in [0.2, 0.25) is 5.88 Å². The largest absolute Gasteiger partial charge is 0.481 e. The van der Waals surface area contributed by atoms with Crippen LogP contribution in [0.25, 0.3) is 32.9 Å². The van der Waals surface area contributed by atoms with Crippen LogP contribution in [0.1, 0.15) is 25.3 Å². The molecule has 2 aliphatic heterocycles. The molecule has 2 saturated heterocycles. The number of anilines is 1. The van der Waals surface area contributed by atoms with Crippen LogP contribution >= 0.6 is 0 Å². The summed E-state index contributed by atoms with van der Waals surface area (Å²) in [6.45, 7) is 8.95. The quantitative estimate of drug-likeness (QED) is 0.277. The van der Waals surface area contributed by atoms with Crippen LogP contribution in [0.2, 0.25) is 0 Å². The number of hydrogen-bond acceptors (Lipinski definition) is 8. The molecule has 0 atom stereocenters. The fraction of sp³-hybridized carbons (Fsp3) is 0.324. The lowest BCUT2D eigenvalue weighted by atomic mass is 9.95. The van der Waals surface area contributed by atoms with E-state index in [0.29, 0.717) is 48.7 Å². The van der Waals surface area contributed by atoms with Crippen LogP contribution in [-0.4, -0.2) is 79.1 Å². The first-order valence-corrected chi connectivity index (χ1v) is 14.5. The zero-order valence-electron chi connectivity index (χ0n) is 25.4. The third-order valence-electron chi connectivity index (χ3n) is 7.62. The van der Waals surface area contributed by atoms with Crippen molar-refractivity contribution in [3.05, 3.63) is 72.7 Å². The zero-order chi connectivity index (χ0) is 31.6. The third-order valence-corrected chi connectivity index (χ3v) is 7.62. The Bertz CT molecular complexity index is 1720. The van der Waals surface area contributed by atoms with E-state index in [2.05, 4.69) is 34.5 Å². The number of ether oxygens (including phenoxy) is 1. The van der Waals surface area contributed by atoms with E-state index in [9.17, 15) is 14.4 Å². The van der Waals surface area contributed by atoms with E-state index in [4.69, 9.17) is 15.0 Å². The van der Waals surface area contributed by atoms with E-state index in [1.165, 1.54) is 37.8 Å². The molecule has 4 aromatic rings. The Morgan fingerprint density at radius 3 is 2.25 bits per heavy atom. The Morgan fingerprint density at radius 2 is 1.68 bits per heavy atom. The molecule has 0 N–H and O–H groups in total. The predicted molar refractivity (Wildman–Crippen MR) is 171 cm³/mol. The van der Waals surface area contributed by atoms with Gasteiger partial charge in [0.1, 0.15) is 5.52 Å². The number of methoxy groups -OCH3 is 1. The minimum absolute atomic E-state index is 0.374. The average molecular weight is 594 g/mol. The number of carbonyl (C=O) groups is 1. The number of benzene rings is 2. The smallest absolute Gasteiger partial charge is 0.282 e. The van der Waals surface area contributed by atoms with Crippen LogP contribution < -0.4 is 9.64 Å². The van der Waals surface area contributed by atoms with Crippen molar-refractivity contribution >= 4 is 33.4 Å². The Hall–Kier alpha value is -5.06. The number of likely N-dealkylation sites (tertiary alicyclic amines) is 1. The topological polar surface area (TPSA) is 109 Å². The van der Waals surface area contributed by atoms with Gasteiger partial charge in [-0.1, -0.05) is 36.9 Å². The summed E-state index contributed by atoms with van der Waals surface area (Å²) in [5.41, 5.74) is 4.53. The van der Waals surface area contributed by atoms with Crippen molar-refractivity contribution in [2.24, 2.45) is 0 Å². The molecular weight excluding hydrogens is 557 g/mol. The highest BCUT2D eigenvalue weighted by Crippen LogP contribution is 2.35. The summed E-state index contributed by atoms with van der Waals surface area (Å²) in [5, 5.41) is 18.8. The van der Waals surface area contributed by atoms with Crippen molar-refractivity contribution in [2.75, 3.05) is 58.3 Å². The lowest BCUT2D eigenvalue weighted by molar-refractivity contribution is -0.128. The van der Waals surface area contributed by atoms with Crippen molar-refractivity contribution in [1.82, 2.24) is 19.8 Å². The van der Waals surface area contributed by atoms with Gasteiger partial charge >= 0.3 is 0 Å². The highest BCUT2D eigenvalue weighted by atomic mass is 19.1. The van der Waals surface area contributed by atoms with E-state index in [0.717, 1.165) is 27.6 Å². The molecule has 10 heteroatoms. The van der Waals surface area contributed by atoms with Gasteiger partial charge in [0.25, 0.3) is 5.91 Å². The molecule has 0 unspecified atom stereocenters. The minimum Gasteiger partial charge on any atom is -0.481 e. The molecule has 2 fully saturated rings. The van der Waals surface area contributed by atoms with Crippen LogP contribution in [0, 0.1) is 22.7 Å². The van der Waals surface area contributed by atoms with Crippen molar-refractivity contribution in [3.8, 4) is 29.1 Å². The highest BCUT2D eigenvalue weighted by Gasteiger charge is 2.25. The molecule has 226 valence electrons. The number of amides is 1. The first-order chi connectivity index (χ1) is 21.3. The number of pyridine rings is 2. The maximum Gasteiger partial charge on any atom is 0.282 e. The molecule has 2 aliphatic rings. The van der Waals surface area contributed by atoms with Gasteiger partial charge in [-0.05, 0) is 56.1 Å². The van der Waals surface area contributed by atoms with Gasteiger partial charge in [0.05, 0.1) is 36.0 Å². The van der Waals surface area contributed by atoms with Crippen LogP contribution in [0.4, 0.5) is 10.1 Å². The second-order valence-electron chi connectivity index (χ2n) is 10.5. The summed E-state index contributed by atoms with van der Waals surface area (Å²) < 4.78 is 18.7. The molecule has 44 heavy (non-hydrogen) atoms. The van der Waals surface area contributed by atoms with Gasteiger partial charge in [-0.15, -0.1) is 0 Å². The van der Waals surface area contributed by atoms with Gasteiger partial charge in [0.15, 0.2) is 5.83 Å². The van der Waals surface area contributed by atoms with E-state index >= 15 is 0 Å². The number of piperazine rings is 1. The summed E-state index contributed by atoms with van der Waals surface area (Å²) in [6.07, 6.45) is 4.61. The Labute approximate surface area is 257 Å². The zero-order valence-corrected chi connectivity index (χ0v) is 25.4. The van der Waals surface area contributed by atoms with Crippen LogP contribution in [0.15, 0.2) is 67.1 Å². The Balaban J connectivity index is 0.000000427. The van der Waals surface area contributed by atoms with E-state index in [-0.39, 0.29) is 0 Å². The summed E-state index contributed by atoms with van der Waals surface area (Å²) in [5.74, 6) is -1.18. The SMILES string of the molecule is C=C(F)C(=O)N1CCN(c2cc(OC)nc3cc(-c4cccc5cccc(C#N)c45)cnc23)CC1.CC#N.CN1CCCC1. The van der Waals surface area contributed by atoms with Gasteiger partial charge in [-0.3, -0.25) is 9.78 Å². The van der Waals surface area contributed by atoms with Crippen LogP contribution in [-0.2, 0) is 4.79 Å². The number of carbonyl (C=O) groups excluding carboxylic acids is 1. The summed E-state index contributed by atoms with van der Waals surface area (Å²) in [6, 6.07) is 19.4. The van der Waals surface area contributed by atoms with Crippen molar-refractivity contribution < 1.29 is 13.9 Å². The number of rotatable bonds is 4. The van der Waals surface area contributed by atoms with Gasteiger partial charge < -0.3 is 19.4 Å². The van der Waals surface area contributed by atoms with Crippen LogP contribution in [0.5, 0.6) is 5.88 Å². The number of aromatic nitrogens is 2. The first kappa shape index (κ1) is 31.9. The van der Waals surface area contributed by atoms with Gasteiger partial charge in [-0.2, -0.15) is 10.5 Å². The molecule has 1 amide bonds. The number of hydrogen-bond donors (Lipinski definition) is 0. The van der Waals surface area contributed by atoms with E-state index in [1.807, 2.05) is 48.5 Å². The molecule has 0 aliphatic carbocycles. The third kappa shape index (κ3) is 7.28. The Kier molecular flexibility index (Phi) is 10.8. The van der Waals surface area contributed by atoms with E-state index < -0.39 is 11.7 Å². The fourth-order valence-electron chi connectivity index (χ4n) is 5.44. The molecule has 2 aromatic carbocycles. The monoisotopic (exact) mass is 593 g/mol. The lowest BCUT2D eigenvalue weighted by Crippen LogP contribution is -2.49. The molecule has 6 rings (SSSR count). The predicted octanol–water partition coefficient (Wildman–Crippen LogP) is 5.70. The highest BCUT2D eigenvalue weighted by molar-refractivity contribution is 6.02. The second-order valence-corrected chi connectivity index (χ2v) is 10.5. The average Bonchev–Trinajstić information content (AvgIpc) is 3.54. The molecule has 0 bridgehead atoms. The molecule has 9 nitrogen and oxygen atoms in total. The second kappa shape index (κ2) is 14.9. The van der Waals surface area contributed by atoms with Crippen molar-refractivity contribution in [2.45, 2.75) is 19.8 Å². The molecule has 4 heterocycles. The van der Waals surface area contributed by atoms with Crippen LogP contribution in [0.3, 0.4) is 0 Å². The molecular formula is C34H36FN7O2. The summed E-state index contributed by atoms with van der Waals surface area (Å²) in [7, 11) is 3.73. The number of nitrogens with zero attached hydrogens (tertiary/aromatic N) is 7. The normalized spacial score (nSPS) is 14.5. The van der Waals surface area contributed by atoms with E-state index in [1.54, 1.807) is 19.4 Å². The molecule has 0 spiro atoms. The number of nitriles is 2. The maximum atomic E-state index is 13.3. The minimum atomic E-state index is -0.948. The number of halogens is 1. The van der Waals surface area contributed by atoms with Gasteiger partial charge in [0, 0.05) is 56.3 Å². The number of fused-ring (bicyclic) bond motifs is 2. The lowest BCUT2D eigenvalue weighted by Gasteiger charge is -2.36. The molecule has 0 radical (unpaired) electrons. The first-order valence-electron chi connectivity index (χ1n) is 14.5. The summed E-state index contributed by atoms with van der Waals surface area (Å²) in [4.78, 5) is 27.2. The fourth-order valence-corrected chi connectivity index (χ4v) is 5.44. The summed E-state index contributed by atoms with van der Waals surface area (Å²) >= 11 is 0. The standard InChI is InChI=1S/C27H22FN5O2.C5H11N.C2H3N/c1-17(28)27(34)33-11-9-32(10-12-33)23-14-24(35-2)31-22-13-20(16-30-26(22)23)21-8-4-6-18-5-3-7-19(15-29)25(18)21;1-6-4-2-3-5-6;1-2-3/h3-8,13-14,16H,1,9-12H2,2H3;2-5H2,1H3;1H3. The molecule has 2 aromatic heterocycles. The molecule has 0 saturated carbocycles. The van der Waals surface area contributed by atoms with Crippen molar-refractivity contribution in [1.29, 1.82) is 10.5 Å². The van der Waals surface area contributed by atoms with Crippen molar-refractivity contribution in [3.63, 3.8) is 0 Å². The van der Waals surface area contributed by atoms with Gasteiger partial charge in [-0.25, -0.2) is 9.37 Å². The Morgan fingerprint density at radius 1 is 1.02 bits per heavy atom. The maximum absolute atomic E-state index is 13.3.